The molecule has 1 atom stereocenters. The first-order valence-electron chi connectivity index (χ1n) is 4.44. The summed E-state index contributed by atoms with van der Waals surface area (Å²) in [6.45, 7) is 2.02. The monoisotopic (exact) mass is 195 g/mol. The number of aromatic nitrogens is 1. The van der Waals surface area contributed by atoms with Crippen molar-refractivity contribution >= 4 is 11.8 Å². The Hall–Kier alpha value is -0.540. The molecule has 1 N–H and O–H groups in total. The normalized spacial score (nSPS) is 27.8. The van der Waals surface area contributed by atoms with E-state index in [4.69, 9.17) is 0 Å². The largest absolute Gasteiger partial charge is 0.383 e. The molecule has 13 heavy (non-hydrogen) atoms. The Bertz CT molecular complexity index is 308. The zero-order chi connectivity index (χ0) is 9.31. The molecule has 0 aromatic carbocycles. The lowest BCUT2D eigenvalue weighted by atomic mass is 9.98. The van der Waals surface area contributed by atoms with E-state index in [-0.39, 0.29) is 0 Å². The summed E-state index contributed by atoms with van der Waals surface area (Å²) in [5.41, 5.74) is 1.32. The molecule has 0 radical (unpaired) electrons. The van der Waals surface area contributed by atoms with E-state index < -0.39 is 5.60 Å². The first kappa shape index (κ1) is 9.03. The molecule has 1 aliphatic heterocycles. The number of hydrogen-bond donors (Lipinski definition) is 1. The highest BCUT2D eigenvalue weighted by atomic mass is 32.2. The number of nitrogens with zero attached hydrogens (tertiary/aromatic N) is 1. The third-order valence-corrected chi connectivity index (χ3v) is 3.57. The topological polar surface area (TPSA) is 33.1 Å². The molecule has 2 rings (SSSR count). The third-order valence-electron chi connectivity index (χ3n) is 2.39. The van der Waals surface area contributed by atoms with Gasteiger partial charge in [-0.05, 0) is 36.8 Å². The molecule has 0 aliphatic carbocycles. The van der Waals surface area contributed by atoms with Crippen LogP contribution in [0.1, 0.15) is 17.7 Å². The number of aliphatic hydroxyl groups is 1. The Labute approximate surface area is 82.4 Å². The molecule has 1 unspecified atom stereocenters. The van der Waals surface area contributed by atoms with E-state index in [1.165, 1.54) is 0 Å². The Morgan fingerprint density at radius 2 is 2.46 bits per heavy atom. The van der Waals surface area contributed by atoms with Gasteiger partial charge in [-0.2, -0.15) is 11.8 Å². The molecule has 1 aliphatic rings. The highest BCUT2D eigenvalue weighted by Crippen LogP contribution is 2.35. The summed E-state index contributed by atoms with van der Waals surface area (Å²) in [6.07, 6.45) is 2.60. The van der Waals surface area contributed by atoms with Gasteiger partial charge in [0.1, 0.15) is 5.60 Å². The zero-order valence-electron chi connectivity index (χ0n) is 7.66. The fraction of sp³-hybridized carbons (Fsp3) is 0.500. The number of hydrogen-bond acceptors (Lipinski definition) is 3. The number of aryl methyl sites for hydroxylation is 1. The molecule has 0 spiro atoms. The maximum Gasteiger partial charge on any atom is 0.116 e. The standard InChI is InChI=1S/C10H13NOS/c1-8-2-4-11-9(6-8)10(12)3-5-13-7-10/h2,4,6,12H,3,5,7H2,1H3. The van der Waals surface area contributed by atoms with Crippen LogP contribution >= 0.6 is 11.8 Å². The second-order valence-electron chi connectivity index (χ2n) is 3.55. The highest BCUT2D eigenvalue weighted by Gasteiger charge is 2.34. The zero-order valence-corrected chi connectivity index (χ0v) is 8.47. The van der Waals surface area contributed by atoms with Gasteiger partial charge in [0.15, 0.2) is 0 Å². The lowest BCUT2D eigenvalue weighted by Crippen LogP contribution is -2.26. The molecule has 1 aromatic heterocycles. The van der Waals surface area contributed by atoms with Crippen LogP contribution in [-0.4, -0.2) is 21.6 Å². The van der Waals surface area contributed by atoms with Gasteiger partial charge in [0.2, 0.25) is 0 Å². The third kappa shape index (κ3) is 1.71. The summed E-state index contributed by atoms with van der Waals surface area (Å²) in [4.78, 5) is 4.23. The van der Waals surface area contributed by atoms with Gasteiger partial charge in [-0.3, -0.25) is 4.98 Å². The number of rotatable bonds is 1. The second kappa shape index (κ2) is 3.31. The van der Waals surface area contributed by atoms with Gasteiger partial charge in [-0.25, -0.2) is 0 Å². The van der Waals surface area contributed by atoms with Crippen LogP contribution < -0.4 is 0 Å². The maximum absolute atomic E-state index is 10.2. The molecule has 2 heterocycles. The van der Waals surface area contributed by atoms with E-state index in [9.17, 15) is 5.11 Å². The van der Waals surface area contributed by atoms with E-state index >= 15 is 0 Å². The molecule has 2 nitrogen and oxygen atoms in total. The fourth-order valence-electron chi connectivity index (χ4n) is 1.55. The predicted molar refractivity (Wildman–Crippen MR) is 54.8 cm³/mol. The van der Waals surface area contributed by atoms with E-state index in [2.05, 4.69) is 4.98 Å². The maximum atomic E-state index is 10.2. The van der Waals surface area contributed by atoms with Crippen molar-refractivity contribution in [1.82, 2.24) is 4.98 Å². The Balaban J connectivity index is 2.33. The minimum absolute atomic E-state index is 0.670. The second-order valence-corrected chi connectivity index (χ2v) is 4.66. The number of thioether (sulfide) groups is 1. The molecule has 3 heteroatoms. The van der Waals surface area contributed by atoms with Crippen LogP contribution in [0.2, 0.25) is 0 Å². The van der Waals surface area contributed by atoms with Crippen LogP contribution in [-0.2, 0) is 5.60 Å². The molecule has 0 saturated carbocycles. The Morgan fingerprint density at radius 3 is 3.08 bits per heavy atom. The van der Waals surface area contributed by atoms with Gasteiger partial charge in [-0.1, -0.05) is 0 Å². The van der Waals surface area contributed by atoms with Crippen molar-refractivity contribution < 1.29 is 5.11 Å². The highest BCUT2D eigenvalue weighted by molar-refractivity contribution is 7.99. The van der Waals surface area contributed by atoms with Crippen molar-refractivity contribution in [2.24, 2.45) is 0 Å². The first-order valence-corrected chi connectivity index (χ1v) is 5.59. The van der Waals surface area contributed by atoms with Gasteiger partial charge >= 0.3 is 0 Å². The lowest BCUT2D eigenvalue weighted by Gasteiger charge is -2.20. The average molecular weight is 195 g/mol. The molecule has 70 valence electrons. The Morgan fingerprint density at radius 1 is 1.62 bits per heavy atom. The van der Waals surface area contributed by atoms with Crippen molar-refractivity contribution in [3.05, 3.63) is 29.6 Å². The van der Waals surface area contributed by atoms with Crippen LogP contribution in [0, 0.1) is 6.92 Å². The number of pyridine rings is 1. The van der Waals surface area contributed by atoms with Crippen LogP contribution in [0.4, 0.5) is 0 Å². The lowest BCUT2D eigenvalue weighted by molar-refractivity contribution is 0.0611. The molecule has 1 fully saturated rings. The van der Waals surface area contributed by atoms with E-state index in [1.807, 2.05) is 19.1 Å². The molecular weight excluding hydrogens is 182 g/mol. The smallest absolute Gasteiger partial charge is 0.116 e. The van der Waals surface area contributed by atoms with Crippen LogP contribution in [0.3, 0.4) is 0 Å². The average Bonchev–Trinajstić information content (AvgIpc) is 2.54. The fourth-order valence-corrected chi connectivity index (χ4v) is 2.80. The minimum Gasteiger partial charge on any atom is -0.383 e. The van der Waals surface area contributed by atoms with Crippen molar-refractivity contribution in [3.63, 3.8) is 0 Å². The van der Waals surface area contributed by atoms with Crippen molar-refractivity contribution in [2.45, 2.75) is 18.9 Å². The predicted octanol–water partition coefficient (Wildman–Crippen LogP) is 1.71. The van der Waals surface area contributed by atoms with Gasteiger partial charge in [0.25, 0.3) is 0 Å². The van der Waals surface area contributed by atoms with E-state index in [1.54, 1.807) is 18.0 Å². The van der Waals surface area contributed by atoms with Gasteiger partial charge < -0.3 is 5.11 Å². The Kier molecular flexibility index (Phi) is 2.30. The molecular formula is C10H13NOS. The van der Waals surface area contributed by atoms with E-state index in [0.29, 0.717) is 0 Å². The van der Waals surface area contributed by atoms with Crippen molar-refractivity contribution in [3.8, 4) is 0 Å². The summed E-state index contributed by atoms with van der Waals surface area (Å²) < 4.78 is 0. The first-order chi connectivity index (χ1) is 6.21. The molecule has 0 bridgehead atoms. The summed E-state index contributed by atoms with van der Waals surface area (Å²) in [5, 5.41) is 10.2. The summed E-state index contributed by atoms with van der Waals surface area (Å²) in [5.74, 6) is 1.82. The van der Waals surface area contributed by atoms with Gasteiger partial charge in [0.05, 0.1) is 5.69 Å². The van der Waals surface area contributed by atoms with Gasteiger partial charge in [0, 0.05) is 11.9 Å². The molecule has 1 aromatic rings. The summed E-state index contributed by atoms with van der Waals surface area (Å²) in [6, 6.07) is 3.93. The molecule has 1 saturated heterocycles. The van der Waals surface area contributed by atoms with Crippen LogP contribution in [0.5, 0.6) is 0 Å². The quantitative estimate of drug-likeness (QED) is 0.740. The van der Waals surface area contributed by atoms with E-state index in [0.717, 1.165) is 29.2 Å². The van der Waals surface area contributed by atoms with Crippen molar-refractivity contribution in [2.75, 3.05) is 11.5 Å². The van der Waals surface area contributed by atoms with Gasteiger partial charge in [-0.15, -0.1) is 0 Å². The van der Waals surface area contributed by atoms with Crippen LogP contribution in [0.25, 0.3) is 0 Å². The minimum atomic E-state index is -0.670. The van der Waals surface area contributed by atoms with Crippen LogP contribution in [0.15, 0.2) is 18.3 Å². The SMILES string of the molecule is Cc1ccnc(C2(O)CCSC2)c1. The summed E-state index contributed by atoms with van der Waals surface area (Å²) >= 11 is 1.79. The summed E-state index contributed by atoms with van der Waals surface area (Å²) in [7, 11) is 0. The van der Waals surface area contributed by atoms with Crippen molar-refractivity contribution in [1.29, 1.82) is 0 Å². The molecule has 0 amide bonds.